The molecule has 0 atom stereocenters. The minimum absolute atomic E-state index is 0.0898. The van der Waals surface area contributed by atoms with Crippen LogP contribution < -0.4 is 16.2 Å². The van der Waals surface area contributed by atoms with Gasteiger partial charge in [0.1, 0.15) is 18.1 Å². The molecule has 0 spiro atoms. The van der Waals surface area contributed by atoms with Crippen LogP contribution >= 0.6 is 0 Å². The van der Waals surface area contributed by atoms with Crippen LogP contribution in [0.5, 0.6) is 11.5 Å². The second kappa shape index (κ2) is 8.27. The van der Waals surface area contributed by atoms with Crippen LogP contribution in [0.1, 0.15) is 16.8 Å². The van der Waals surface area contributed by atoms with E-state index >= 15 is 0 Å². The van der Waals surface area contributed by atoms with E-state index in [0.717, 1.165) is 23.2 Å². The average Bonchev–Trinajstić information content (AvgIpc) is 2.66. The van der Waals surface area contributed by atoms with Crippen molar-refractivity contribution in [2.45, 2.75) is 19.7 Å². The Morgan fingerprint density at radius 2 is 1.87 bits per heavy atom. The highest BCUT2D eigenvalue weighted by molar-refractivity contribution is 5.87. The third-order valence-electron chi connectivity index (χ3n) is 3.96. The van der Waals surface area contributed by atoms with Gasteiger partial charge in [0, 0.05) is 11.1 Å². The smallest absolute Gasteiger partial charge is 0.437 e. The number of ether oxygens (including phenoxy) is 2. The van der Waals surface area contributed by atoms with Crippen LogP contribution in [0.4, 0.5) is 18.0 Å². The number of fused-ring (bicyclic) bond motifs is 1. The summed E-state index contributed by atoms with van der Waals surface area (Å²) in [5.41, 5.74) is 10.7. The molecule has 0 fully saturated rings. The highest BCUT2D eigenvalue weighted by Gasteiger charge is 2.35. The first-order chi connectivity index (χ1) is 14.1. The predicted octanol–water partition coefficient (Wildman–Crippen LogP) is 4.26. The van der Waals surface area contributed by atoms with Crippen molar-refractivity contribution in [1.82, 2.24) is 4.98 Å². The number of nitrogens with zero attached hydrogens (tertiary/aromatic N) is 2. The number of rotatable bonds is 4. The summed E-state index contributed by atoms with van der Waals surface area (Å²) in [6.07, 6.45) is -5.80. The Morgan fingerprint density at radius 3 is 2.57 bits per heavy atom. The van der Waals surface area contributed by atoms with Crippen LogP contribution in [0.15, 0.2) is 53.5 Å². The Labute approximate surface area is 169 Å². The number of benzene rings is 2. The maximum atomic E-state index is 13.5. The highest BCUT2D eigenvalue weighted by Crippen LogP contribution is 2.39. The van der Waals surface area contributed by atoms with Crippen molar-refractivity contribution in [3.05, 3.63) is 65.4 Å². The van der Waals surface area contributed by atoms with Gasteiger partial charge in [-0.05, 0) is 48.9 Å². The zero-order valence-electron chi connectivity index (χ0n) is 15.7. The molecule has 156 valence electrons. The number of aliphatic imine (C=N–C) groups is 1. The zero-order chi connectivity index (χ0) is 21.9. The normalized spacial score (nSPS) is 11.2. The van der Waals surface area contributed by atoms with E-state index in [1.165, 1.54) is 6.07 Å². The van der Waals surface area contributed by atoms with Gasteiger partial charge in [-0.3, -0.25) is 4.98 Å². The predicted molar refractivity (Wildman–Crippen MR) is 104 cm³/mol. The van der Waals surface area contributed by atoms with E-state index < -0.39 is 30.4 Å². The number of alkyl halides is 3. The fraction of sp³-hybridized carbons (Fsp3) is 0.150. The van der Waals surface area contributed by atoms with E-state index in [0.29, 0.717) is 5.52 Å². The fourth-order valence-corrected chi connectivity index (χ4v) is 2.66. The van der Waals surface area contributed by atoms with Gasteiger partial charge in [0.2, 0.25) is 0 Å². The van der Waals surface area contributed by atoms with Gasteiger partial charge in [0.15, 0.2) is 5.96 Å². The van der Waals surface area contributed by atoms with Crippen LogP contribution in [-0.4, -0.2) is 17.0 Å². The Kier molecular flexibility index (Phi) is 5.77. The minimum Gasteiger partial charge on any atom is -0.457 e. The Balaban J connectivity index is 1.86. The maximum Gasteiger partial charge on any atom is 0.437 e. The lowest BCUT2D eigenvalue weighted by Gasteiger charge is -2.15. The standard InChI is InChI=1S/C20H17F3N4O3/c1-11-2-4-13-9-14(5-6-16(13)26-11)30-17-7-3-12(8-15(17)20(21,22)23)10-29-19(28)27-18(24)25/h2-9H,10H2,1H3,(H4,24,25,27,28). The molecule has 10 heteroatoms. The number of hydrogen-bond donors (Lipinski definition) is 2. The first kappa shape index (κ1) is 20.9. The summed E-state index contributed by atoms with van der Waals surface area (Å²) in [7, 11) is 0. The van der Waals surface area contributed by atoms with E-state index in [-0.39, 0.29) is 17.1 Å². The Hall–Kier alpha value is -3.82. The first-order valence-electron chi connectivity index (χ1n) is 8.63. The summed E-state index contributed by atoms with van der Waals surface area (Å²) < 4.78 is 50.9. The number of guanidine groups is 1. The number of nitrogens with two attached hydrogens (primary N) is 2. The molecule has 1 amide bonds. The van der Waals surface area contributed by atoms with Gasteiger partial charge in [-0.25, -0.2) is 4.79 Å². The summed E-state index contributed by atoms with van der Waals surface area (Å²) in [4.78, 5) is 18.8. The number of hydrogen-bond acceptors (Lipinski definition) is 4. The monoisotopic (exact) mass is 418 g/mol. The Morgan fingerprint density at radius 1 is 1.10 bits per heavy atom. The van der Waals surface area contributed by atoms with Crippen molar-refractivity contribution >= 4 is 23.0 Å². The van der Waals surface area contributed by atoms with Crippen molar-refractivity contribution in [3.63, 3.8) is 0 Å². The summed E-state index contributed by atoms with van der Waals surface area (Å²) in [6.45, 7) is 1.40. The number of aromatic nitrogens is 1. The molecular weight excluding hydrogens is 401 g/mol. The number of carbonyl (C=O) groups is 1. The molecule has 0 bridgehead atoms. The van der Waals surface area contributed by atoms with Gasteiger partial charge < -0.3 is 20.9 Å². The summed E-state index contributed by atoms with van der Waals surface area (Å²) >= 11 is 0. The summed E-state index contributed by atoms with van der Waals surface area (Å²) in [6, 6.07) is 11.8. The molecular formula is C20H17F3N4O3. The third-order valence-corrected chi connectivity index (χ3v) is 3.96. The van der Waals surface area contributed by atoms with E-state index in [2.05, 4.69) is 9.98 Å². The van der Waals surface area contributed by atoms with Crippen molar-refractivity contribution in [3.8, 4) is 11.5 Å². The molecule has 0 radical (unpaired) electrons. The molecule has 4 N–H and O–H groups in total. The molecule has 0 aliphatic heterocycles. The topological polar surface area (TPSA) is 113 Å². The molecule has 3 rings (SSSR count). The van der Waals surface area contributed by atoms with Crippen molar-refractivity contribution in [1.29, 1.82) is 0 Å². The second-order valence-corrected chi connectivity index (χ2v) is 6.33. The van der Waals surface area contributed by atoms with Gasteiger partial charge in [-0.1, -0.05) is 12.1 Å². The van der Waals surface area contributed by atoms with E-state index in [4.69, 9.17) is 20.9 Å². The second-order valence-electron chi connectivity index (χ2n) is 6.33. The highest BCUT2D eigenvalue weighted by atomic mass is 19.4. The van der Waals surface area contributed by atoms with Crippen molar-refractivity contribution in [2.24, 2.45) is 16.5 Å². The molecule has 0 saturated carbocycles. The van der Waals surface area contributed by atoms with Crippen LogP contribution in [-0.2, 0) is 17.5 Å². The largest absolute Gasteiger partial charge is 0.457 e. The lowest BCUT2D eigenvalue weighted by Crippen LogP contribution is -2.24. The fourth-order valence-electron chi connectivity index (χ4n) is 2.66. The lowest BCUT2D eigenvalue weighted by molar-refractivity contribution is -0.138. The summed E-state index contributed by atoms with van der Waals surface area (Å²) in [5, 5.41) is 0.731. The molecule has 0 unspecified atom stereocenters. The average molecular weight is 418 g/mol. The molecule has 7 nitrogen and oxygen atoms in total. The lowest BCUT2D eigenvalue weighted by atomic mass is 10.1. The number of pyridine rings is 1. The number of amides is 1. The number of halogens is 3. The van der Waals surface area contributed by atoms with Gasteiger partial charge in [0.05, 0.1) is 11.1 Å². The third kappa shape index (κ3) is 5.16. The van der Waals surface area contributed by atoms with Gasteiger partial charge in [-0.15, -0.1) is 4.99 Å². The van der Waals surface area contributed by atoms with Crippen LogP contribution in [0.25, 0.3) is 10.9 Å². The van der Waals surface area contributed by atoms with Crippen molar-refractivity contribution < 1.29 is 27.4 Å². The zero-order valence-corrected chi connectivity index (χ0v) is 15.7. The van der Waals surface area contributed by atoms with Crippen LogP contribution in [0.3, 0.4) is 0 Å². The first-order valence-corrected chi connectivity index (χ1v) is 8.63. The maximum absolute atomic E-state index is 13.5. The van der Waals surface area contributed by atoms with Gasteiger partial charge in [0.25, 0.3) is 0 Å². The number of carbonyl (C=O) groups excluding carboxylic acids is 1. The molecule has 1 aromatic heterocycles. The molecule has 0 aliphatic carbocycles. The van der Waals surface area contributed by atoms with Gasteiger partial charge in [-0.2, -0.15) is 13.2 Å². The molecule has 0 aliphatic rings. The minimum atomic E-state index is -4.69. The Bertz CT molecular complexity index is 1130. The van der Waals surface area contributed by atoms with Crippen LogP contribution in [0, 0.1) is 6.92 Å². The summed E-state index contributed by atoms with van der Waals surface area (Å²) in [5.74, 6) is -0.674. The van der Waals surface area contributed by atoms with Crippen LogP contribution in [0.2, 0.25) is 0 Å². The number of aryl methyl sites for hydroxylation is 1. The molecule has 2 aromatic carbocycles. The molecule has 1 heterocycles. The van der Waals surface area contributed by atoms with E-state index in [1.54, 1.807) is 24.3 Å². The van der Waals surface area contributed by atoms with E-state index in [9.17, 15) is 18.0 Å². The molecule has 30 heavy (non-hydrogen) atoms. The van der Waals surface area contributed by atoms with Crippen molar-refractivity contribution in [2.75, 3.05) is 0 Å². The SMILES string of the molecule is Cc1ccc2cc(Oc3ccc(COC(=O)N=C(N)N)cc3C(F)(F)F)ccc2n1. The van der Waals surface area contributed by atoms with Gasteiger partial charge >= 0.3 is 12.3 Å². The molecule has 3 aromatic rings. The molecule has 0 saturated heterocycles. The van der Waals surface area contributed by atoms with E-state index in [1.807, 2.05) is 13.0 Å². The quantitative estimate of drug-likeness (QED) is 0.483.